The second-order valence-corrected chi connectivity index (χ2v) is 3.71. The van der Waals surface area contributed by atoms with Gasteiger partial charge in [-0.25, -0.2) is 9.79 Å². The smallest absolute Gasteiger partial charge is 0.235 e. The van der Waals surface area contributed by atoms with Crippen molar-refractivity contribution in [1.82, 2.24) is 9.88 Å². The molecule has 5 nitrogen and oxygen atoms in total. The zero-order chi connectivity index (χ0) is 11.4. The molecule has 1 atom stereocenters. The van der Waals surface area contributed by atoms with Crippen molar-refractivity contribution in [3.63, 3.8) is 0 Å². The highest BCUT2D eigenvalue weighted by molar-refractivity contribution is 5.79. The maximum Gasteiger partial charge on any atom is 0.235 e. The van der Waals surface area contributed by atoms with Crippen molar-refractivity contribution in [2.45, 2.75) is 19.0 Å². The summed E-state index contributed by atoms with van der Waals surface area (Å²) in [6.07, 6.45) is 5.21. The van der Waals surface area contributed by atoms with Crippen molar-refractivity contribution in [3.05, 3.63) is 30.1 Å². The van der Waals surface area contributed by atoms with Crippen LogP contribution in [0.4, 0.5) is 0 Å². The van der Waals surface area contributed by atoms with Gasteiger partial charge in [-0.15, -0.1) is 0 Å². The van der Waals surface area contributed by atoms with Crippen LogP contribution >= 0.6 is 0 Å². The molecular weight excluding hydrogens is 206 g/mol. The normalized spacial score (nSPS) is 19.6. The Kier molecular flexibility index (Phi) is 3.08. The first-order valence-corrected chi connectivity index (χ1v) is 5.03. The molecular formula is C11H11N3O2. The number of hydrogen-bond acceptors (Lipinski definition) is 4. The monoisotopic (exact) mass is 217 g/mol. The van der Waals surface area contributed by atoms with Crippen LogP contribution in [0.3, 0.4) is 0 Å². The fourth-order valence-corrected chi connectivity index (χ4v) is 1.78. The summed E-state index contributed by atoms with van der Waals surface area (Å²) in [5.74, 6) is 0.0212. The fourth-order valence-electron chi connectivity index (χ4n) is 1.78. The average Bonchev–Trinajstić information content (AvgIpc) is 2.61. The average molecular weight is 217 g/mol. The van der Waals surface area contributed by atoms with Gasteiger partial charge in [0, 0.05) is 25.5 Å². The van der Waals surface area contributed by atoms with E-state index in [0.29, 0.717) is 19.5 Å². The van der Waals surface area contributed by atoms with Crippen molar-refractivity contribution in [2.75, 3.05) is 6.54 Å². The number of amides is 1. The minimum Gasteiger partial charge on any atom is -0.336 e. The van der Waals surface area contributed by atoms with E-state index in [1.807, 2.05) is 12.1 Å². The van der Waals surface area contributed by atoms with Crippen molar-refractivity contribution in [2.24, 2.45) is 4.99 Å². The standard InChI is InChI=1S/C11H11N3O2/c15-8-13-10-4-11(16)14(7-10)6-9-2-1-3-12-5-9/h1-3,5,10H,4,6-7H2. The van der Waals surface area contributed by atoms with Crippen LogP contribution < -0.4 is 0 Å². The van der Waals surface area contributed by atoms with Crippen LogP contribution in [0, 0.1) is 0 Å². The summed E-state index contributed by atoms with van der Waals surface area (Å²) >= 11 is 0. The second kappa shape index (κ2) is 4.68. The predicted molar refractivity (Wildman–Crippen MR) is 56.2 cm³/mol. The third-order valence-corrected chi connectivity index (χ3v) is 2.53. The van der Waals surface area contributed by atoms with E-state index in [-0.39, 0.29) is 11.9 Å². The van der Waals surface area contributed by atoms with Crippen LogP contribution in [0.5, 0.6) is 0 Å². The van der Waals surface area contributed by atoms with Gasteiger partial charge in [0.25, 0.3) is 0 Å². The molecule has 2 heterocycles. The maximum absolute atomic E-state index is 11.6. The van der Waals surface area contributed by atoms with Crippen LogP contribution in [0.2, 0.25) is 0 Å². The number of aromatic nitrogens is 1. The summed E-state index contributed by atoms with van der Waals surface area (Å²) in [6.45, 7) is 1.01. The molecule has 2 rings (SSSR count). The molecule has 1 aromatic rings. The molecule has 1 aromatic heterocycles. The molecule has 1 fully saturated rings. The number of carbonyl (C=O) groups is 1. The van der Waals surface area contributed by atoms with Gasteiger partial charge in [-0.05, 0) is 11.6 Å². The predicted octanol–water partition coefficient (Wildman–Crippen LogP) is 0.518. The highest BCUT2D eigenvalue weighted by atomic mass is 16.2. The molecule has 0 radical (unpaired) electrons. The Labute approximate surface area is 92.8 Å². The first kappa shape index (κ1) is 10.5. The molecule has 1 amide bonds. The molecule has 1 unspecified atom stereocenters. The second-order valence-electron chi connectivity index (χ2n) is 3.71. The molecule has 82 valence electrons. The van der Waals surface area contributed by atoms with E-state index in [9.17, 15) is 9.59 Å². The van der Waals surface area contributed by atoms with E-state index in [0.717, 1.165) is 5.56 Å². The quantitative estimate of drug-likeness (QED) is 0.547. The number of hydrogen-bond donors (Lipinski definition) is 0. The topological polar surface area (TPSA) is 62.6 Å². The highest BCUT2D eigenvalue weighted by Gasteiger charge is 2.29. The summed E-state index contributed by atoms with van der Waals surface area (Å²) in [4.78, 5) is 30.9. The van der Waals surface area contributed by atoms with E-state index in [2.05, 4.69) is 9.98 Å². The zero-order valence-electron chi connectivity index (χ0n) is 8.67. The van der Waals surface area contributed by atoms with Gasteiger partial charge in [-0.3, -0.25) is 9.78 Å². The molecule has 0 N–H and O–H groups in total. The molecule has 5 heteroatoms. The lowest BCUT2D eigenvalue weighted by molar-refractivity contribution is -0.128. The Bertz CT molecular complexity index is 426. The van der Waals surface area contributed by atoms with E-state index >= 15 is 0 Å². The van der Waals surface area contributed by atoms with Gasteiger partial charge in [0.05, 0.1) is 12.5 Å². The number of carbonyl (C=O) groups excluding carboxylic acids is 2. The number of aliphatic imine (C=N–C) groups is 1. The number of rotatable bonds is 3. The third-order valence-electron chi connectivity index (χ3n) is 2.53. The molecule has 0 spiro atoms. The minimum absolute atomic E-state index is 0.0212. The summed E-state index contributed by atoms with van der Waals surface area (Å²) < 4.78 is 0. The summed E-state index contributed by atoms with van der Waals surface area (Å²) in [5.41, 5.74) is 0.978. The van der Waals surface area contributed by atoms with Crippen LogP contribution in [-0.4, -0.2) is 34.5 Å². The molecule has 1 aliphatic heterocycles. The van der Waals surface area contributed by atoms with Crippen molar-refractivity contribution >= 4 is 12.0 Å². The van der Waals surface area contributed by atoms with Crippen molar-refractivity contribution in [3.8, 4) is 0 Å². The van der Waals surface area contributed by atoms with Crippen molar-refractivity contribution in [1.29, 1.82) is 0 Å². The molecule has 1 aliphatic rings. The minimum atomic E-state index is -0.235. The molecule has 0 saturated carbocycles. The first-order chi connectivity index (χ1) is 7.79. The molecule has 0 aliphatic carbocycles. The highest BCUT2D eigenvalue weighted by Crippen LogP contribution is 2.16. The van der Waals surface area contributed by atoms with Crippen LogP contribution in [-0.2, 0) is 16.1 Å². The van der Waals surface area contributed by atoms with Crippen LogP contribution in [0.25, 0.3) is 0 Å². The fraction of sp³-hybridized carbons (Fsp3) is 0.364. The Morgan fingerprint density at radius 2 is 2.50 bits per heavy atom. The lowest BCUT2D eigenvalue weighted by Gasteiger charge is -2.15. The number of isocyanates is 1. The Balaban J connectivity index is 2.01. The summed E-state index contributed by atoms with van der Waals surface area (Å²) in [6, 6.07) is 3.51. The Morgan fingerprint density at radius 1 is 1.62 bits per heavy atom. The van der Waals surface area contributed by atoms with E-state index in [4.69, 9.17) is 0 Å². The lowest BCUT2D eigenvalue weighted by Crippen LogP contribution is -2.25. The van der Waals surface area contributed by atoms with Crippen molar-refractivity contribution < 1.29 is 9.59 Å². The number of pyridine rings is 1. The largest absolute Gasteiger partial charge is 0.336 e. The maximum atomic E-state index is 11.6. The van der Waals surface area contributed by atoms with Crippen LogP contribution in [0.1, 0.15) is 12.0 Å². The summed E-state index contributed by atoms with van der Waals surface area (Å²) in [5, 5.41) is 0. The van der Waals surface area contributed by atoms with Crippen LogP contribution in [0.15, 0.2) is 29.5 Å². The SMILES string of the molecule is O=C=NC1CC(=O)N(Cc2cccnc2)C1. The lowest BCUT2D eigenvalue weighted by atomic mass is 10.3. The first-order valence-electron chi connectivity index (χ1n) is 5.03. The Hall–Kier alpha value is -2.00. The van der Waals surface area contributed by atoms with Gasteiger partial charge in [0.1, 0.15) is 0 Å². The third kappa shape index (κ3) is 2.32. The van der Waals surface area contributed by atoms with Gasteiger partial charge < -0.3 is 4.90 Å². The van der Waals surface area contributed by atoms with Gasteiger partial charge in [0.2, 0.25) is 12.0 Å². The molecule has 0 bridgehead atoms. The van der Waals surface area contributed by atoms with Gasteiger partial charge in [-0.1, -0.05) is 6.07 Å². The van der Waals surface area contributed by atoms with E-state index in [1.54, 1.807) is 17.3 Å². The van der Waals surface area contributed by atoms with E-state index < -0.39 is 0 Å². The summed E-state index contributed by atoms with van der Waals surface area (Å²) in [7, 11) is 0. The molecule has 0 aromatic carbocycles. The molecule has 16 heavy (non-hydrogen) atoms. The molecule has 1 saturated heterocycles. The Morgan fingerprint density at radius 3 is 3.19 bits per heavy atom. The number of nitrogens with zero attached hydrogens (tertiary/aromatic N) is 3. The number of likely N-dealkylation sites (tertiary alicyclic amines) is 1. The van der Waals surface area contributed by atoms with Gasteiger partial charge in [-0.2, -0.15) is 0 Å². The zero-order valence-corrected chi connectivity index (χ0v) is 8.67. The van der Waals surface area contributed by atoms with E-state index in [1.165, 1.54) is 6.08 Å². The van der Waals surface area contributed by atoms with Gasteiger partial charge in [0.15, 0.2) is 0 Å². The van der Waals surface area contributed by atoms with Gasteiger partial charge >= 0.3 is 0 Å².